The van der Waals surface area contributed by atoms with Crippen LogP contribution >= 0.6 is 0 Å². The minimum atomic E-state index is -0.609. The van der Waals surface area contributed by atoms with Gasteiger partial charge < -0.3 is 9.64 Å². The maximum Gasteiger partial charge on any atom is 0.299 e. The van der Waals surface area contributed by atoms with Crippen molar-refractivity contribution in [2.45, 2.75) is 6.54 Å². The van der Waals surface area contributed by atoms with E-state index in [4.69, 9.17) is 4.74 Å². The molecule has 0 aliphatic carbocycles. The molecule has 0 spiro atoms. The van der Waals surface area contributed by atoms with Crippen molar-refractivity contribution in [2.75, 3.05) is 12.0 Å². The minimum Gasteiger partial charge on any atom is -0.497 e. The third-order valence-electron chi connectivity index (χ3n) is 3.41. The van der Waals surface area contributed by atoms with Crippen LogP contribution in [0.4, 0.5) is 10.1 Å². The molecule has 2 aromatic rings. The van der Waals surface area contributed by atoms with Crippen molar-refractivity contribution in [1.29, 1.82) is 0 Å². The second kappa shape index (κ2) is 5.01. The molecule has 0 atom stereocenters. The highest BCUT2D eigenvalue weighted by atomic mass is 19.1. The van der Waals surface area contributed by atoms with Gasteiger partial charge in [-0.25, -0.2) is 4.39 Å². The van der Waals surface area contributed by atoms with Crippen molar-refractivity contribution >= 4 is 17.4 Å². The summed E-state index contributed by atoms with van der Waals surface area (Å²) in [7, 11) is 1.49. The van der Waals surface area contributed by atoms with Gasteiger partial charge in [-0.2, -0.15) is 0 Å². The van der Waals surface area contributed by atoms with E-state index in [2.05, 4.69) is 0 Å². The molecule has 106 valence electrons. The number of halogens is 1. The Bertz CT molecular complexity index is 742. The van der Waals surface area contributed by atoms with Gasteiger partial charge in [-0.3, -0.25) is 9.59 Å². The number of nitrogens with zero attached hydrogens (tertiary/aromatic N) is 1. The number of benzene rings is 2. The first kappa shape index (κ1) is 13.3. The summed E-state index contributed by atoms with van der Waals surface area (Å²) in [6.07, 6.45) is 0. The van der Waals surface area contributed by atoms with Gasteiger partial charge in [-0.1, -0.05) is 12.1 Å². The lowest BCUT2D eigenvalue weighted by Gasteiger charge is -2.16. The van der Waals surface area contributed by atoms with Crippen molar-refractivity contribution in [3.05, 3.63) is 59.4 Å². The zero-order chi connectivity index (χ0) is 15.0. The topological polar surface area (TPSA) is 46.6 Å². The summed E-state index contributed by atoms with van der Waals surface area (Å²) in [6, 6.07) is 10.9. The smallest absolute Gasteiger partial charge is 0.299 e. The van der Waals surface area contributed by atoms with E-state index in [1.807, 2.05) is 0 Å². The summed E-state index contributed by atoms with van der Waals surface area (Å²) in [6.45, 7) is 0.154. The lowest BCUT2D eigenvalue weighted by atomic mass is 10.1. The van der Waals surface area contributed by atoms with Gasteiger partial charge in [0, 0.05) is 0 Å². The van der Waals surface area contributed by atoms with Gasteiger partial charge >= 0.3 is 0 Å². The summed E-state index contributed by atoms with van der Waals surface area (Å²) < 4.78 is 18.3. The third kappa shape index (κ3) is 2.27. The van der Waals surface area contributed by atoms with Crippen molar-refractivity contribution in [3.63, 3.8) is 0 Å². The molecule has 2 aromatic carbocycles. The van der Waals surface area contributed by atoms with Gasteiger partial charge in [-0.15, -0.1) is 0 Å². The fourth-order valence-electron chi connectivity index (χ4n) is 2.38. The number of methoxy groups -OCH3 is 1. The number of ether oxygens (including phenoxy) is 1. The van der Waals surface area contributed by atoms with E-state index < -0.39 is 11.7 Å². The molecule has 0 N–H and O–H groups in total. The fraction of sp³-hybridized carbons (Fsp3) is 0.125. The van der Waals surface area contributed by atoms with Crippen molar-refractivity contribution < 1.29 is 18.7 Å². The Morgan fingerprint density at radius 1 is 1.14 bits per heavy atom. The van der Waals surface area contributed by atoms with E-state index in [1.165, 1.54) is 24.1 Å². The monoisotopic (exact) mass is 285 g/mol. The zero-order valence-electron chi connectivity index (χ0n) is 11.3. The van der Waals surface area contributed by atoms with Gasteiger partial charge in [0.05, 0.1) is 24.9 Å². The molecule has 0 bridgehead atoms. The predicted octanol–water partition coefficient (Wildman–Crippen LogP) is 2.56. The zero-order valence-corrected chi connectivity index (χ0v) is 11.3. The second-order valence-corrected chi connectivity index (χ2v) is 4.73. The quantitative estimate of drug-likeness (QED) is 0.814. The van der Waals surface area contributed by atoms with Gasteiger partial charge in [0.2, 0.25) is 0 Å². The highest BCUT2D eigenvalue weighted by Gasteiger charge is 2.36. The molecular weight excluding hydrogens is 273 g/mol. The molecule has 1 heterocycles. The van der Waals surface area contributed by atoms with Crippen molar-refractivity contribution in [1.82, 2.24) is 0 Å². The number of Topliss-reactive ketones (excluding diaryl/α,β-unsaturated/α-hetero) is 1. The number of anilines is 1. The number of hydrogen-bond acceptors (Lipinski definition) is 3. The first-order valence-corrected chi connectivity index (χ1v) is 6.39. The Kier molecular flexibility index (Phi) is 3.17. The van der Waals surface area contributed by atoms with Crippen LogP contribution in [0.2, 0.25) is 0 Å². The van der Waals surface area contributed by atoms with Crippen LogP contribution < -0.4 is 9.64 Å². The Morgan fingerprint density at radius 2 is 1.95 bits per heavy atom. The van der Waals surface area contributed by atoms with Crippen molar-refractivity contribution in [2.24, 2.45) is 0 Å². The van der Waals surface area contributed by atoms with Crippen LogP contribution in [0.5, 0.6) is 5.75 Å². The summed E-state index contributed by atoms with van der Waals surface area (Å²) in [4.78, 5) is 25.5. The normalized spacial score (nSPS) is 13.5. The summed E-state index contributed by atoms with van der Waals surface area (Å²) in [5, 5.41) is 0. The van der Waals surface area contributed by atoms with Gasteiger partial charge in [0.25, 0.3) is 11.7 Å². The average Bonchev–Trinajstić information content (AvgIpc) is 2.72. The maximum absolute atomic E-state index is 13.2. The van der Waals surface area contributed by atoms with Crippen LogP contribution in [0.1, 0.15) is 15.9 Å². The molecular formula is C16H12FNO3. The number of amides is 1. The summed E-state index contributed by atoms with van der Waals surface area (Å²) >= 11 is 0. The largest absolute Gasteiger partial charge is 0.497 e. The van der Waals surface area contributed by atoms with Crippen LogP contribution in [0.15, 0.2) is 42.5 Å². The summed E-state index contributed by atoms with van der Waals surface area (Å²) in [5.41, 5.74) is 1.46. The van der Waals surface area contributed by atoms with E-state index in [1.54, 1.807) is 30.3 Å². The molecule has 0 aromatic heterocycles. The minimum absolute atomic E-state index is 0.154. The van der Waals surface area contributed by atoms with E-state index in [0.717, 1.165) is 0 Å². The van der Waals surface area contributed by atoms with Gasteiger partial charge in [0.15, 0.2) is 0 Å². The van der Waals surface area contributed by atoms with Crippen LogP contribution in [0, 0.1) is 5.82 Å². The van der Waals surface area contributed by atoms with E-state index >= 15 is 0 Å². The molecule has 4 nitrogen and oxygen atoms in total. The number of carbonyl (C=O) groups is 2. The fourth-order valence-corrected chi connectivity index (χ4v) is 2.38. The molecule has 5 heteroatoms. The third-order valence-corrected chi connectivity index (χ3v) is 3.41. The predicted molar refractivity (Wildman–Crippen MR) is 74.9 cm³/mol. The SMILES string of the molecule is COc1ccc2c(c1)C(=O)C(=O)N2Cc1cccc(F)c1. The number of rotatable bonds is 3. The number of ketones is 1. The van der Waals surface area contributed by atoms with E-state index in [9.17, 15) is 14.0 Å². The van der Waals surface area contributed by atoms with Crippen LogP contribution in [-0.4, -0.2) is 18.8 Å². The Labute approximate surface area is 120 Å². The Hall–Kier alpha value is -2.69. The molecule has 1 aliphatic heterocycles. The van der Waals surface area contributed by atoms with Crippen molar-refractivity contribution in [3.8, 4) is 5.75 Å². The highest BCUT2D eigenvalue weighted by molar-refractivity contribution is 6.52. The first-order valence-electron chi connectivity index (χ1n) is 6.39. The van der Waals surface area contributed by atoms with E-state index in [0.29, 0.717) is 22.6 Å². The molecule has 0 fully saturated rings. The van der Waals surface area contributed by atoms with Gasteiger partial charge in [-0.05, 0) is 35.9 Å². The van der Waals surface area contributed by atoms with Crippen LogP contribution in [0.25, 0.3) is 0 Å². The molecule has 0 saturated heterocycles. The second-order valence-electron chi connectivity index (χ2n) is 4.73. The lowest BCUT2D eigenvalue weighted by Crippen LogP contribution is -2.29. The standard InChI is InChI=1S/C16H12FNO3/c1-21-12-5-6-14-13(8-12)15(19)16(20)18(14)9-10-3-2-4-11(17)7-10/h2-8H,9H2,1H3. The summed E-state index contributed by atoms with van der Waals surface area (Å²) in [5.74, 6) is -1.04. The molecule has 0 unspecified atom stereocenters. The molecule has 3 rings (SSSR count). The Morgan fingerprint density at radius 3 is 2.67 bits per heavy atom. The van der Waals surface area contributed by atoms with Gasteiger partial charge in [0.1, 0.15) is 11.6 Å². The molecule has 0 radical (unpaired) electrons. The number of carbonyl (C=O) groups excluding carboxylic acids is 2. The van der Waals surface area contributed by atoms with Crippen LogP contribution in [-0.2, 0) is 11.3 Å². The molecule has 1 amide bonds. The molecule has 1 aliphatic rings. The first-order chi connectivity index (χ1) is 10.1. The van der Waals surface area contributed by atoms with Crippen LogP contribution in [0.3, 0.4) is 0 Å². The molecule has 21 heavy (non-hydrogen) atoms. The number of hydrogen-bond donors (Lipinski definition) is 0. The highest BCUT2D eigenvalue weighted by Crippen LogP contribution is 2.33. The van der Waals surface area contributed by atoms with E-state index in [-0.39, 0.29) is 12.4 Å². The number of fused-ring (bicyclic) bond motifs is 1. The maximum atomic E-state index is 13.2. The average molecular weight is 285 g/mol. The molecule has 0 saturated carbocycles. The lowest BCUT2D eigenvalue weighted by molar-refractivity contribution is -0.114. The Balaban J connectivity index is 1.98.